The van der Waals surface area contributed by atoms with Crippen LogP contribution in [0.1, 0.15) is 12.8 Å². The molecule has 8 heteroatoms. The van der Waals surface area contributed by atoms with Gasteiger partial charge in [0.1, 0.15) is 5.75 Å². The molecule has 7 nitrogen and oxygen atoms in total. The highest BCUT2D eigenvalue weighted by Crippen LogP contribution is 2.19. The van der Waals surface area contributed by atoms with E-state index in [-0.39, 0.29) is 15.8 Å². The molecule has 0 aliphatic carbocycles. The molecule has 0 unspecified atom stereocenters. The van der Waals surface area contributed by atoms with Crippen molar-refractivity contribution in [2.24, 2.45) is 0 Å². The lowest BCUT2D eigenvalue weighted by atomic mass is 10.3. The van der Waals surface area contributed by atoms with Gasteiger partial charge in [0.05, 0.1) is 12.0 Å². The molecule has 1 amide bonds. The summed E-state index contributed by atoms with van der Waals surface area (Å²) in [6.45, 7) is 0.478. The molecule has 2 rings (SSSR count). The number of carbonyl (C=O) groups is 1. The molecule has 0 aromatic heterocycles. The first kappa shape index (κ1) is 18.8. The molecule has 0 saturated heterocycles. The number of amides is 1. The van der Waals surface area contributed by atoms with Gasteiger partial charge in [0.2, 0.25) is 0 Å². The Balaban J connectivity index is 1.89. The Labute approximate surface area is 146 Å². The number of nitrogens with zero attached hydrogens (tertiary/aromatic N) is 1. The zero-order valence-electron chi connectivity index (χ0n) is 13.8. The van der Waals surface area contributed by atoms with Gasteiger partial charge in [0.15, 0.2) is 0 Å². The number of carbonyl (C=O) groups excluding carboxylic acids is 1. The number of ether oxygens (including phenoxy) is 1. The fraction of sp³-hybridized carbons (Fsp3) is 0.235. The molecular formula is C17H20N2O5S. The number of nitrogens with one attached hydrogen (secondary N) is 1. The fourth-order valence-corrected chi connectivity index (χ4v) is 3.14. The highest BCUT2D eigenvalue weighted by atomic mass is 32.2. The van der Waals surface area contributed by atoms with Crippen LogP contribution in [0.5, 0.6) is 5.75 Å². The zero-order chi connectivity index (χ0) is 18.3. The fourth-order valence-electron chi connectivity index (χ4n) is 2.11. The number of methoxy groups -OCH3 is 1. The molecule has 0 aliphatic rings. The van der Waals surface area contributed by atoms with Crippen molar-refractivity contribution >= 4 is 21.6 Å². The molecule has 0 heterocycles. The molecular weight excluding hydrogens is 344 g/mol. The van der Waals surface area contributed by atoms with Crippen molar-refractivity contribution in [1.29, 1.82) is 0 Å². The zero-order valence-corrected chi connectivity index (χ0v) is 14.6. The van der Waals surface area contributed by atoms with Gasteiger partial charge >= 0.3 is 0 Å². The molecule has 2 aromatic carbocycles. The van der Waals surface area contributed by atoms with Crippen LogP contribution < -0.4 is 10.1 Å². The smallest absolute Gasteiger partial charge is 0.289 e. The second-order valence-electron chi connectivity index (χ2n) is 5.21. The van der Waals surface area contributed by atoms with E-state index < -0.39 is 15.9 Å². The van der Waals surface area contributed by atoms with Gasteiger partial charge < -0.3 is 10.1 Å². The van der Waals surface area contributed by atoms with Crippen molar-refractivity contribution in [1.82, 2.24) is 4.47 Å². The quantitative estimate of drug-likeness (QED) is 0.424. The Kier molecular flexibility index (Phi) is 6.37. The number of benzene rings is 2. The third-order valence-corrected chi connectivity index (χ3v) is 5.00. The molecule has 134 valence electrons. The van der Waals surface area contributed by atoms with Crippen molar-refractivity contribution < 1.29 is 23.2 Å². The lowest BCUT2D eigenvalue weighted by Gasteiger charge is -2.15. The normalized spacial score (nSPS) is 11.0. The van der Waals surface area contributed by atoms with Gasteiger partial charge in [0.25, 0.3) is 15.9 Å². The Hall–Kier alpha value is -2.58. The highest BCUT2D eigenvalue weighted by molar-refractivity contribution is 7.89. The number of anilines is 1. The van der Waals surface area contributed by atoms with E-state index in [2.05, 4.69) is 5.32 Å². The highest BCUT2D eigenvalue weighted by Gasteiger charge is 2.27. The lowest BCUT2D eigenvalue weighted by Crippen LogP contribution is -2.34. The molecule has 0 aliphatic heterocycles. The summed E-state index contributed by atoms with van der Waals surface area (Å²) in [6.07, 6.45) is 0.272. The number of rotatable bonds is 8. The van der Waals surface area contributed by atoms with Crippen LogP contribution in [-0.2, 0) is 14.8 Å². The maximum absolute atomic E-state index is 12.2. The summed E-state index contributed by atoms with van der Waals surface area (Å²) in [5.41, 5.74) is 0.904. The van der Waals surface area contributed by atoms with Crippen LogP contribution in [-0.4, -0.2) is 37.7 Å². The summed E-state index contributed by atoms with van der Waals surface area (Å²) in [6, 6.07) is 14.8. The molecule has 2 N–H and O–H groups in total. The minimum absolute atomic E-state index is 0.105. The Bertz CT molecular complexity index is 792. The van der Waals surface area contributed by atoms with Crippen molar-refractivity contribution in [3.05, 3.63) is 54.6 Å². The maximum atomic E-state index is 12.2. The summed E-state index contributed by atoms with van der Waals surface area (Å²) in [7, 11) is -2.84. The van der Waals surface area contributed by atoms with Crippen LogP contribution >= 0.6 is 0 Å². The van der Waals surface area contributed by atoms with E-state index in [0.717, 1.165) is 5.69 Å². The van der Waals surface area contributed by atoms with Crippen LogP contribution in [0.25, 0.3) is 0 Å². The SMILES string of the molecule is COc1ccc(S(=O)(=O)N(O)C(=O)CCCNc2ccccc2)cc1. The second-order valence-corrected chi connectivity index (χ2v) is 6.98. The predicted octanol–water partition coefficient (Wildman–Crippen LogP) is 2.49. The van der Waals surface area contributed by atoms with Crippen molar-refractivity contribution in [2.45, 2.75) is 17.7 Å². The molecule has 0 saturated carbocycles. The van der Waals surface area contributed by atoms with Crippen LogP contribution in [0, 0.1) is 0 Å². The summed E-state index contributed by atoms with van der Waals surface area (Å²) in [5.74, 6) is -0.410. The number of sulfonamides is 1. The van der Waals surface area contributed by atoms with Crippen LogP contribution in [0.2, 0.25) is 0 Å². The number of para-hydroxylation sites is 1. The minimum atomic E-state index is -4.29. The molecule has 25 heavy (non-hydrogen) atoms. The lowest BCUT2D eigenvalue weighted by molar-refractivity contribution is -0.146. The Morgan fingerprint density at radius 2 is 1.76 bits per heavy atom. The van der Waals surface area contributed by atoms with E-state index in [0.29, 0.717) is 18.7 Å². The third-order valence-electron chi connectivity index (χ3n) is 3.47. The summed E-state index contributed by atoms with van der Waals surface area (Å²) in [4.78, 5) is 11.8. The third kappa shape index (κ3) is 4.94. The van der Waals surface area contributed by atoms with Gasteiger partial charge in [-0.25, -0.2) is 0 Å². The minimum Gasteiger partial charge on any atom is -0.497 e. The molecule has 0 atom stereocenters. The summed E-state index contributed by atoms with van der Waals surface area (Å²) < 4.78 is 29.2. The predicted molar refractivity (Wildman–Crippen MR) is 93.0 cm³/mol. The number of hydrogen-bond acceptors (Lipinski definition) is 6. The van der Waals surface area contributed by atoms with E-state index in [4.69, 9.17) is 4.74 Å². The number of hydrogen-bond donors (Lipinski definition) is 2. The molecule has 0 bridgehead atoms. The van der Waals surface area contributed by atoms with Gasteiger partial charge in [-0.1, -0.05) is 18.2 Å². The largest absolute Gasteiger partial charge is 0.497 e. The van der Waals surface area contributed by atoms with Gasteiger partial charge in [0, 0.05) is 18.7 Å². The first-order valence-corrected chi connectivity index (χ1v) is 9.09. The second kappa shape index (κ2) is 8.50. The summed E-state index contributed by atoms with van der Waals surface area (Å²) in [5, 5.41) is 12.9. The standard InChI is InChI=1S/C17H20N2O5S/c1-24-15-9-11-16(12-10-15)25(22,23)19(21)17(20)8-5-13-18-14-6-3-2-4-7-14/h2-4,6-7,9-12,18,21H,5,8,13H2,1H3. The van der Waals surface area contributed by atoms with Crippen molar-refractivity contribution in [2.75, 3.05) is 19.0 Å². The Morgan fingerprint density at radius 1 is 1.12 bits per heavy atom. The van der Waals surface area contributed by atoms with Crippen molar-refractivity contribution in [3.8, 4) is 5.75 Å². The summed E-state index contributed by atoms with van der Waals surface area (Å²) >= 11 is 0. The Morgan fingerprint density at radius 3 is 2.36 bits per heavy atom. The molecule has 0 fully saturated rings. The number of hydroxylamine groups is 1. The molecule has 0 spiro atoms. The monoisotopic (exact) mass is 364 g/mol. The van der Waals surface area contributed by atoms with E-state index in [1.54, 1.807) is 0 Å². The maximum Gasteiger partial charge on any atom is 0.289 e. The van der Waals surface area contributed by atoms with E-state index in [1.807, 2.05) is 30.3 Å². The van der Waals surface area contributed by atoms with Gasteiger partial charge in [-0.2, -0.15) is 8.42 Å². The first-order valence-electron chi connectivity index (χ1n) is 7.65. The van der Waals surface area contributed by atoms with E-state index >= 15 is 0 Å². The molecule has 2 aromatic rings. The first-order chi connectivity index (χ1) is 11.9. The van der Waals surface area contributed by atoms with E-state index in [1.165, 1.54) is 31.4 Å². The van der Waals surface area contributed by atoms with Crippen LogP contribution in [0.15, 0.2) is 59.5 Å². The van der Waals surface area contributed by atoms with Crippen LogP contribution in [0.4, 0.5) is 5.69 Å². The van der Waals surface area contributed by atoms with Gasteiger partial charge in [-0.05, 0) is 42.8 Å². The van der Waals surface area contributed by atoms with Gasteiger partial charge in [-0.3, -0.25) is 10.0 Å². The van der Waals surface area contributed by atoms with E-state index in [9.17, 15) is 18.4 Å². The topological polar surface area (TPSA) is 95.9 Å². The average Bonchev–Trinajstić information content (AvgIpc) is 2.65. The van der Waals surface area contributed by atoms with Crippen LogP contribution in [0.3, 0.4) is 0 Å². The molecule has 0 radical (unpaired) electrons. The van der Waals surface area contributed by atoms with Gasteiger partial charge in [-0.15, -0.1) is 4.47 Å². The van der Waals surface area contributed by atoms with Crippen molar-refractivity contribution in [3.63, 3.8) is 0 Å². The average molecular weight is 364 g/mol.